The summed E-state index contributed by atoms with van der Waals surface area (Å²) in [4.78, 5) is 6.61. The Balaban J connectivity index is 1.31. The normalized spacial score (nSPS) is 19.8. The first-order valence-electron chi connectivity index (χ1n) is 7.71. The lowest BCUT2D eigenvalue weighted by Crippen LogP contribution is -2.44. The number of halogens is 3. The molecule has 4 nitrogen and oxygen atoms in total. The van der Waals surface area contributed by atoms with Gasteiger partial charge in [0.15, 0.2) is 5.82 Å². The van der Waals surface area contributed by atoms with Gasteiger partial charge in [-0.05, 0) is 30.5 Å². The Morgan fingerprint density at radius 3 is 2.39 bits per heavy atom. The van der Waals surface area contributed by atoms with E-state index in [9.17, 15) is 13.2 Å². The van der Waals surface area contributed by atoms with Gasteiger partial charge in [-0.15, -0.1) is 0 Å². The minimum atomic E-state index is -4.28. The second-order valence-corrected chi connectivity index (χ2v) is 6.35. The van der Waals surface area contributed by atoms with Gasteiger partial charge in [-0.3, -0.25) is 4.90 Å². The Morgan fingerprint density at radius 2 is 1.78 bits per heavy atom. The first-order chi connectivity index (χ1) is 11.0. The third-order valence-corrected chi connectivity index (χ3v) is 4.39. The molecule has 1 aliphatic heterocycles. The molecule has 0 bridgehead atoms. The van der Waals surface area contributed by atoms with E-state index in [1.54, 1.807) is 0 Å². The Kier molecular flexibility index (Phi) is 3.41. The van der Waals surface area contributed by atoms with Crippen LogP contribution in [0.15, 0.2) is 28.8 Å². The molecule has 23 heavy (non-hydrogen) atoms. The van der Waals surface area contributed by atoms with E-state index < -0.39 is 11.7 Å². The Hall–Kier alpha value is -1.89. The number of likely N-dealkylation sites (tertiary alicyclic amines) is 1. The van der Waals surface area contributed by atoms with Crippen LogP contribution in [0.2, 0.25) is 0 Å². The van der Waals surface area contributed by atoms with E-state index in [-0.39, 0.29) is 5.92 Å². The monoisotopic (exact) mass is 323 g/mol. The molecular formula is C16H16F3N3O. The summed E-state index contributed by atoms with van der Waals surface area (Å²) in [5.41, 5.74) is 0.266. The predicted octanol–water partition coefficient (Wildman–Crippen LogP) is 3.57. The number of alkyl halides is 3. The molecule has 1 aromatic heterocycles. The summed E-state index contributed by atoms with van der Waals surface area (Å²) in [5.74, 6) is 2.23. The molecule has 0 spiro atoms. The topological polar surface area (TPSA) is 42.2 Å². The SMILES string of the molecule is FC(F)(F)c1ccc(CN2CC(c3nc(C4CC4)no3)C2)cc1. The average molecular weight is 323 g/mol. The van der Waals surface area contributed by atoms with Gasteiger partial charge in [0.05, 0.1) is 11.5 Å². The summed E-state index contributed by atoms with van der Waals surface area (Å²) < 4.78 is 42.9. The van der Waals surface area contributed by atoms with E-state index in [0.717, 1.165) is 49.5 Å². The minimum Gasteiger partial charge on any atom is -0.339 e. The van der Waals surface area contributed by atoms with Crippen molar-refractivity contribution in [2.45, 2.75) is 37.4 Å². The van der Waals surface area contributed by atoms with Gasteiger partial charge in [-0.25, -0.2) is 0 Å². The minimum absolute atomic E-state index is 0.240. The van der Waals surface area contributed by atoms with Crippen molar-refractivity contribution in [3.63, 3.8) is 0 Å². The molecule has 2 aromatic rings. The summed E-state index contributed by atoms with van der Waals surface area (Å²) in [5, 5.41) is 4.01. The highest BCUT2D eigenvalue weighted by atomic mass is 19.4. The van der Waals surface area contributed by atoms with E-state index in [2.05, 4.69) is 15.0 Å². The maximum Gasteiger partial charge on any atom is 0.416 e. The summed E-state index contributed by atoms with van der Waals surface area (Å²) in [6, 6.07) is 5.33. The van der Waals surface area contributed by atoms with Crippen LogP contribution in [0, 0.1) is 0 Å². The molecule has 4 rings (SSSR count). The predicted molar refractivity (Wildman–Crippen MR) is 75.7 cm³/mol. The molecule has 2 fully saturated rings. The van der Waals surface area contributed by atoms with Crippen LogP contribution in [0.5, 0.6) is 0 Å². The van der Waals surface area contributed by atoms with Crippen molar-refractivity contribution in [3.8, 4) is 0 Å². The van der Waals surface area contributed by atoms with Crippen LogP contribution < -0.4 is 0 Å². The molecule has 2 heterocycles. The van der Waals surface area contributed by atoms with Crippen molar-refractivity contribution in [3.05, 3.63) is 47.1 Å². The molecule has 1 aliphatic carbocycles. The van der Waals surface area contributed by atoms with Crippen LogP contribution in [-0.4, -0.2) is 28.1 Å². The molecule has 0 amide bonds. The number of hydrogen-bond acceptors (Lipinski definition) is 4. The maximum atomic E-state index is 12.5. The van der Waals surface area contributed by atoms with Crippen molar-refractivity contribution >= 4 is 0 Å². The molecule has 122 valence electrons. The molecule has 2 aliphatic rings. The van der Waals surface area contributed by atoms with E-state index in [0.29, 0.717) is 18.4 Å². The highest BCUT2D eigenvalue weighted by Gasteiger charge is 2.35. The third kappa shape index (κ3) is 3.10. The van der Waals surface area contributed by atoms with Gasteiger partial charge in [-0.1, -0.05) is 17.3 Å². The number of aromatic nitrogens is 2. The summed E-state index contributed by atoms with van der Waals surface area (Å²) in [6.07, 6.45) is -2.00. The first-order valence-corrected chi connectivity index (χ1v) is 7.71. The van der Waals surface area contributed by atoms with Crippen molar-refractivity contribution in [1.29, 1.82) is 0 Å². The smallest absolute Gasteiger partial charge is 0.339 e. The summed E-state index contributed by atoms with van der Waals surface area (Å²) >= 11 is 0. The summed E-state index contributed by atoms with van der Waals surface area (Å²) in [6.45, 7) is 2.24. The van der Waals surface area contributed by atoms with E-state index >= 15 is 0 Å². The Labute approximate surface area is 131 Å². The van der Waals surface area contributed by atoms with Crippen LogP contribution >= 0.6 is 0 Å². The van der Waals surface area contributed by atoms with Gasteiger partial charge >= 0.3 is 6.18 Å². The third-order valence-electron chi connectivity index (χ3n) is 4.39. The largest absolute Gasteiger partial charge is 0.416 e. The van der Waals surface area contributed by atoms with Gasteiger partial charge < -0.3 is 4.52 Å². The van der Waals surface area contributed by atoms with Crippen LogP contribution in [0.25, 0.3) is 0 Å². The van der Waals surface area contributed by atoms with E-state index in [1.165, 1.54) is 12.1 Å². The molecule has 0 unspecified atom stereocenters. The fourth-order valence-electron chi connectivity index (χ4n) is 2.83. The van der Waals surface area contributed by atoms with Gasteiger partial charge in [0.2, 0.25) is 5.89 Å². The van der Waals surface area contributed by atoms with Crippen molar-refractivity contribution in [2.75, 3.05) is 13.1 Å². The zero-order valence-electron chi connectivity index (χ0n) is 12.4. The standard InChI is InChI=1S/C16H16F3N3O/c17-16(18,19)13-5-1-10(2-6-13)7-22-8-12(9-22)15-20-14(21-23-15)11-3-4-11/h1-2,5-6,11-12H,3-4,7-9H2. The second-order valence-electron chi connectivity index (χ2n) is 6.35. The number of nitrogens with zero attached hydrogens (tertiary/aromatic N) is 3. The van der Waals surface area contributed by atoms with Crippen LogP contribution in [0.4, 0.5) is 13.2 Å². The average Bonchev–Trinajstić information content (AvgIpc) is 3.21. The Bertz CT molecular complexity index is 685. The zero-order valence-corrected chi connectivity index (χ0v) is 12.4. The van der Waals surface area contributed by atoms with Gasteiger partial charge in [0, 0.05) is 25.6 Å². The van der Waals surface area contributed by atoms with Crippen LogP contribution in [0.3, 0.4) is 0 Å². The van der Waals surface area contributed by atoms with Crippen molar-refractivity contribution in [1.82, 2.24) is 15.0 Å². The van der Waals surface area contributed by atoms with E-state index in [1.807, 2.05) is 0 Å². The molecule has 7 heteroatoms. The molecule has 0 atom stereocenters. The molecule has 0 radical (unpaired) electrons. The van der Waals surface area contributed by atoms with Gasteiger partial charge in [0.25, 0.3) is 0 Å². The highest BCUT2D eigenvalue weighted by Crippen LogP contribution is 2.39. The molecule has 1 saturated carbocycles. The lowest BCUT2D eigenvalue weighted by atomic mass is 9.99. The van der Waals surface area contributed by atoms with E-state index in [4.69, 9.17) is 4.52 Å². The van der Waals surface area contributed by atoms with Crippen molar-refractivity contribution in [2.24, 2.45) is 0 Å². The van der Waals surface area contributed by atoms with Crippen LogP contribution in [-0.2, 0) is 12.7 Å². The molecule has 1 aromatic carbocycles. The second kappa shape index (κ2) is 5.33. The maximum absolute atomic E-state index is 12.5. The highest BCUT2D eigenvalue weighted by molar-refractivity contribution is 5.25. The fraction of sp³-hybridized carbons (Fsp3) is 0.500. The molecular weight excluding hydrogens is 307 g/mol. The lowest BCUT2D eigenvalue weighted by Gasteiger charge is -2.37. The summed E-state index contributed by atoms with van der Waals surface area (Å²) in [7, 11) is 0. The number of hydrogen-bond donors (Lipinski definition) is 0. The quantitative estimate of drug-likeness (QED) is 0.863. The van der Waals surface area contributed by atoms with Gasteiger partial charge in [0.1, 0.15) is 0 Å². The first kappa shape index (κ1) is 14.7. The fourth-order valence-corrected chi connectivity index (χ4v) is 2.83. The van der Waals surface area contributed by atoms with Crippen molar-refractivity contribution < 1.29 is 17.7 Å². The number of rotatable bonds is 4. The van der Waals surface area contributed by atoms with Gasteiger partial charge in [-0.2, -0.15) is 18.2 Å². The lowest BCUT2D eigenvalue weighted by molar-refractivity contribution is -0.137. The Morgan fingerprint density at radius 1 is 1.09 bits per heavy atom. The number of benzene rings is 1. The van der Waals surface area contributed by atoms with Crippen LogP contribution in [0.1, 0.15) is 47.5 Å². The zero-order chi connectivity index (χ0) is 16.0. The molecule has 0 N–H and O–H groups in total. The molecule has 1 saturated heterocycles.